The topological polar surface area (TPSA) is 49.4 Å². The number of likely N-dealkylation sites (tertiary alicyclic amines) is 1. The fraction of sp³-hybridized carbons (Fsp3) is 0.600. The first-order chi connectivity index (χ1) is 11.7. The van der Waals surface area contributed by atoms with E-state index in [0.717, 1.165) is 19.4 Å². The minimum Gasteiger partial charge on any atom is -0.359 e. The van der Waals surface area contributed by atoms with Gasteiger partial charge in [-0.3, -0.25) is 9.59 Å². The molecule has 0 aromatic heterocycles. The van der Waals surface area contributed by atoms with E-state index in [4.69, 9.17) is 0 Å². The molecule has 1 fully saturated rings. The third-order valence-corrected chi connectivity index (χ3v) is 5.57. The lowest BCUT2D eigenvalue weighted by molar-refractivity contribution is -0.132. The van der Waals surface area contributed by atoms with Crippen molar-refractivity contribution < 1.29 is 9.59 Å². The molecule has 0 bridgehead atoms. The van der Waals surface area contributed by atoms with Crippen LogP contribution >= 0.6 is 0 Å². The molecule has 1 heterocycles. The highest BCUT2D eigenvalue weighted by molar-refractivity contribution is 5.79. The molecular weight excluding hydrogens is 300 g/mol. The molecule has 4 heteroatoms. The normalized spacial score (nSPS) is 23.0. The highest BCUT2D eigenvalue weighted by Crippen LogP contribution is 2.39. The Morgan fingerprint density at radius 3 is 2.83 bits per heavy atom. The van der Waals surface area contributed by atoms with Crippen molar-refractivity contribution in [2.24, 2.45) is 0 Å². The lowest BCUT2D eigenvalue weighted by atomic mass is 9.78. The molecule has 1 aliphatic carbocycles. The summed E-state index contributed by atoms with van der Waals surface area (Å²) in [4.78, 5) is 26.1. The number of rotatable bonds is 5. The zero-order chi connectivity index (χ0) is 16.9. The fourth-order valence-electron chi connectivity index (χ4n) is 4.38. The zero-order valence-corrected chi connectivity index (χ0v) is 14.6. The van der Waals surface area contributed by atoms with Crippen LogP contribution < -0.4 is 5.32 Å². The number of hydrogen-bond acceptors (Lipinski definition) is 2. The van der Waals surface area contributed by atoms with Gasteiger partial charge in [0, 0.05) is 38.4 Å². The van der Waals surface area contributed by atoms with Crippen molar-refractivity contribution in [3.05, 3.63) is 35.4 Å². The SMILES string of the molecule is CNC(=O)CCCC(=O)N1CCC[C@H]1[C@H]1CCCc2ccccc21. The molecular formula is C20H28N2O2. The summed E-state index contributed by atoms with van der Waals surface area (Å²) in [5.41, 5.74) is 2.92. The molecule has 1 aromatic rings. The maximum Gasteiger partial charge on any atom is 0.222 e. The molecule has 2 atom stereocenters. The number of nitrogens with zero attached hydrogens (tertiary/aromatic N) is 1. The summed E-state index contributed by atoms with van der Waals surface area (Å²) in [6, 6.07) is 9.09. The molecule has 0 saturated carbocycles. The molecule has 1 N–H and O–H groups in total. The van der Waals surface area contributed by atoms with Gasteiger partial charge in [-0.05, 0) is 49.7 Å². The minimum absolute atomic E-state index is 0.0157. The Hall–Kier alpha value is -1.84. The zero-order valence-electron chi connectivity index (χ0n) is 14.6. The number of aryl methyl sites for hydroxylation is 1. The molecule has 2 aliphatic rings. The van der Waals surface area contributed by atoms with Gasteiger partial charge in [0.1, 0.15) is 0 Å². The van der Waals surface area contributed by atoms with Gasteiger partial charge in [0.05, 0.1) is 0 Å². The number of carbonyl (C=O) groups excluding carboxylic acids is 2. The average molecular weight is 328 g/mol. The van der Waals surface area contributed by atoms with Crippen molar-refractivity contribution in [3.8, 4) is 0 Å². The first-order valence-corrected chi connectivity index (χ1v) is 9.28. The van der Waals surface area contributed by atoms with Crippen molar-refractivity contribution in [1.29, 1.82) is 0 Å². The fourth-order valence-corrected chi connectivity index (χ4v) is 4.38. The Kier molecular flexibility index (Phi) is 5.54. The standard InChI is InChI=1S/C20H28N2O2/c1-21-19(23)12-5-13-20(24)22-14-6-11-18(22)17-10-4-8-15-7-2-3-9-16(15)17/h2-3,7,9,17-18H,4-6,8,10-14H2,1H3,(H,21,23)/t17-,18-/m0/s1. The van der Waals surface area contributed by atoms with Gasteiger partial charge in [-0.25, -0.2) is 0 Å². The first kappa shape index (κ1) is 17.0. The first-order valence-electron chi connectivity index (χ1n) is 9.28. The molecule has 130 valence electrons. The largest absolute Gasteiger partial charge is 0.359 e. The maximum atomic E-state index is 12.7. The van der Waals surface area contributed by atoms with Crippen LogP contribution in [0.2, 0.25) is 0 Å². The van der Waals surface area contributed by atoms with Gasteiger partial charge >= 0.3 is 0 Å². The molecule has 4 nitrogen and oxygen atoms in total. The summed E-state index contributed by atoms with van der Waals surface area (Å²) in [6.45, 7) is 0.877. The van der Waals surface area contributed by atoms with Crippen molar-refractivity contribution in [3.63, 3.8) is 0 Å². The van der Waals surface area contributed by atoms with Crippen LogP contribution in [0, 0.1) is 0 Å². The number of fused-ring (bicyclic) bond motifs is 1. The van der Waals surface area contributed by atoms with Crippen molar-refractivity contribution >= 4 is 11.8 Å². The summed E-state index contributed by atoms with van der Waals surface area (Å²) in [6.07, 6.45) is 7.35. The van der Waals surface area contributed by atoms with E-state index in [2.05, 4.69) is 34.5 Å². The number of carbonyl (C=O) groups is 2. The van der Waals surface area contributed by atoms with Gasteiger partial charge in [0.15, 0.2) is 0 Å². The summed E-state index contributed by atoms with van der Waals surface area (Å²) >= 11 is 0. The molecule has 1 saturated heterocycles. The van der Waals surface area contributed by atoms with Crippen LogP contribution in [0.25, 0.3) is 0 Å². The molecule has 3 rings (SSSR count). The third-order valence-electron chi connectivity index (χ3n) is 5.57. The van der Waals surface area contributed by atoms with Gasteiger partial charge in [-0.15, -0.1) is 0 Å². The third kappa shape index (κ3) is 3.63. The smallest absolute Gasteiger partial charge is 0.222 e. The van der Waals surface area contributed by atoms with Crippen molar-refractivity contribution in [2.45, 2.75) is 63.3 Å². The van der Waals surface area contributed by atoms with Crippen LogP contribution in [0.15, 0.2) is 24.3 Å². The van der Waals surface area contributed by atoms with E-state index in [1.807, 2.05) is 0 Å². The Labute approximate surface area is 144 Å². The van der Waals surface area contributed by atoms with Crippen molar-refractivity contribution in [2.75, 3.05) is 13.6 Å². The second kappa shape index (κ2) is 7.82. The van der Waals surface area contributed by atoms with Gasteiger partial charge in [0.2, 0.25) is 11.8 Å². The van der Waals surface area contributed by atoms with E-state index < -0.39 is 0 Å². The predicted octanol–water partition coefficient (Wildman–Crippen LogP) is 3.01. The average Bonchev–Trinajstić information content (AvgIpc) is 3.10. The molecule has 1 aromatic carbocycles. The molecule has 0 spiro atoms. The van der Waals surface area contributed by atoms with Crippen LogP contribution in [0.4, 0.5) is 0 Å². The van der Waals surface area contributed by atoms with Gasteiger partial charge < -0.3 is 10.2 Å². The summed E-state index contributed by atoms with van der Waals surface area (Å²) < 4.78 is 0. The second-order valence-electron chi connectivity index (χ2n) is 7.02. The van der Waals surface area contributed by atoms with Crippen LogP contribution in [0.1, 0.15) is 62.0 Å². The van der Waals surface area contributed by atoms with Gasteiger partial charge in [-0.1, -0.05) is 24.3 Å². The number of nitrogens with one attached hydrogen (secondary N) is 1. The number of amides is 2. The Balaban J connectivity index is 1.66. The van der Waals surface area contributed by atoms with Crippen LogP contribution in [-0.2, 0) is 16.0 Å². The highest BCUT2D eigenvalue weighted by Gasteiger charge is 2.36. The molecule has 24 heavy (non-hydrogen) atoms. The summed E-state index contributed by atoms with van der Waals surface area (Å²) in [5.74, 6) is 0.728. The van der Waals surface area contributed by atoms with E-state index in [9.17, 15) is 9.59 Å². The summed E-state index contributed by atoms with van der Waals surface area (Å²) in [7, 11) is 1.64. The summed E-state index contributed by atoms with van der Waals surface area (Å²) in [5, 5.41) is 2.62. The Morgan fingerprint density at radius 2 is 2.00 bits per heavy atom. The lowest BCUT2D eigenvalue weighted by Crippen LogP contribution is -2.40. The Bertz CT molecular complexity index is 599. The van der Waals surface area contributed by atoms with E-state index in [-0.39, 0.29) is 11.8 Å². The minimum atomic E-state index is 0.0157. The molecule has 0 unspecified atom stereocenters. The molecule has 0 radical (unpaired) electrons. The van der Waals surface area contributed by atoms with Gasteiger partial charge in [-0.2, -0.15) is 0 Å². The van der Waals surface area contributed by atoms with Gasteiger partial charge in [0.25, 0.3) is 0 Å². The molecule has 2 amide bonds. The Morgan fingerprint density at radius 1 is 1.17 bits per heavy atom. The van der Waals surface area contributed by atoms with Crippen LogP contribution in [0.5, 0.6) is 0 Å². The number of hydrogen-bond donors (Lipinski definition) is 1. The van der Waals surface area contributed by atoms with Crippen LogP contribution in [-0.4, -0.2) is 36.3 Å². The quantitative estimate of drug-likeness (QED) is 0.903. The van der Waals surface area contributed by atoms with Crippen molar-refractivity contribution in [1.82, 2.24) is 10.2 Å². The van der Waals surface area contributed by atoms with E-state index in [1.54, 1.807) is 7.05 Å². The highest BCUT2D eigenvalue weighted by atomic mass is 16.2. The number of benzene rings is 1. The molecule has 1 aliphatic heterocycles. The second-order valence-corrected chi connectivity index (χ2v) is 7.02. The lowest BCUT2D eigenvalue weighted by Gasteiger charge is -2.35. The monoisotopic (exact) mass is 328 g/mol. The van der Waals surface area contributed by atoms with E-state index in [0.29, 0.717) is 31.2 Å². The maximum absolute atomic E-state index is 12.7. The van der Waals surface area contributed by atoms with Crippen LogP contribution in [0.3, 0.4) is 0 Å². The van der Waals surface area contributed by atoms with E-state index >= 15 is 0 Å². The van der Waals surface area contributed by atoms with E-state index in [1.165, 1.54) is 30.4 Å². The predicted molar refractivity (Wildman–Crippen MR) is 94.8 cm³/mol.